The minimum absolute atomic E-state index is 0.115. The second kappa shape index (κ2) is 5.52. The molecule has 0 aliphatic carbocycles. The van der Waals surface area contributed by atoms with Gasteiger partial charge in [0.2, 0.25) is 5.91 Å². The number of carbonyl (C=O) groups is 1. The maximum atomic E-state index is 12.9. The van der Waals surface area contributed by atoms with E-state index in [1.807, 2.05) is 0 Å². The molecule has 2 aromatic rings. The van der Waals surface area contributed by atoms with Crippen molar-refractivity contribution in [1.82, 2.24) is 0 Å². The number of halogens is 3. The zero-order valence-electron chi connectivity index (χ0n) is 12.1. The van der Waals surface area contributed by atoms with E-state index < -0.39 is 22.6 Å². The molecule has 0 N–H and O–H groups in total. The van der Waals surface area contributed by atoms with E-state index in [0.29, 0.717) is 15.5 Å². The fraction of sp³-hybridized carbons (Fsp3) is 0.133. The second-order valence-electron chi connectivity index (χ2n) is 5.05. The molecule has 9 heteroatoms. The van der Waals surface area contributed by atoms with Gasteiger partial charge in [-0.3, -0.25) is 19.8 Å². The van der Waals surface area contributed by atoms with Crippen LogP contribution >= 0.6 is 11.8 Å². The molecule has 124 valence electrons. The number of carbonyl (C=O) groups excluding carboxylic acids is 1. The van der Waals surface area contributed by atoms with E-state index in [4.69, 9.17) is 0 Å². The Kier molecular flexibility index (Phi) is 3.75. The van der Waals surface area contributed by atoms with Crippen LogP contribution in [0.1, 0.15) is 12.5 Å². The highest BCUT2D eigenvalue weighted by Gasteiger charge is 2.34. The highest BCUT2D eigenvalue weighted by Crippen LogP contribution is 2.50. The van der Waals surface area contributed by atoms with Crippen LogP contribution in [-0.2, 0) is 11.0 Å². The summed E-state index contributed by atoms with van der Waals surface area (Å²) in [5, 5.41) is 10.9. The number of hydrogen-bond acceptors (Lipinski definition) is 4. The summed E-state index contributed by atoms with van der Waals surface area (Å²) in [6.07, 6.45) is -4.53. The minimum Gasteiger partial charge on any atom is -0.279 e. The third-order valence-corrected chi connectivity index (χ3v) is 4.57. The maximum absolute atomic E-state index is 12.9. The topological polar surface area (TPSA) is 63.5 Å². The van der Waals surface area contributed by atoms with Gasteiger partial charge in [0.25, 0.3) is 5.69 Å². The first-order chi connectivity index (χ1) is 11.2. The first-order valence-electron chi connectivity index (χ1n) is 6.66. The fourth-order valence-corrected chi connectivity index (χ4v) is 3.50. The Hall–Kier alpha value is -2.55. The summed E-state index contributed by atoms with van der Waals surface area (Å²) in [5.74, 6) is -0.481. The van der Waals surface area contributed by atoms with Gasteiger partial charge in [0, 0.05) is 28.8 Å². The average Bonchev–Trinajstić information content (AvgIpc) is 2.50. The lowest BCUT2D eigenvalue weighted by Gasteiger charge is -2.30. The summed E-state index contributed by atoms with van der Waals surface area (Å²) in [4.78, 5) is 24.3. The third-order valence-electron chi connectivity index (χ3n) is 3.46. The molecular weight excluding hydrogens is 345 g/mol. The van der Waals surface area contributed by atoms with Crippen molar-refractivity contribution in [3.63, 3.8) is 0 Å². The van der Waals surface area contributed by atoms with Crippen LogP contribution in [0.3, 0.4) is 0 Å². The zero-order valence-corrected chi connectivity index (χ0v) is 12.9. The van der Waals surface area contributed by atoms with Crippen molar-refractivity contribution < 1.29 is 22.9 Å². The summed E-state index contributed by atoms with van der Waals surface area (Å²) >= 11 is 1.09. The summed E-state index contributed by atoms with van der Waals surface area (Å²) in [6.45, 7) is 1.23. The number of anilines is 2. The number of rotatable bonds is 1. The first-order valence-corrected chi connectivity index (χ1v) is 7.48. The number of non-ortho nitro benzene ring substituents is 1. The number of alkyl halides is 3. The quantitative estimate of drug-likeness (QED) is 0.547. The van der Waals surface area contributed by atoms with E-state index in [0.717, 1.165) is 28.8 Å². The molecule has 1 aliphatic rings. The summed E-state index contributed by atoms with van der Waals surface area (Å²) in [7, 11) is 0. The van der Waals surface area contributed by atoms with E-state index in [-0.39, 0.29) is 11.4 Å². The standard InChI is InChI=1S/C15H9F3N2O3S/c1-8(21)19-11-4-3-10(20(22)23)7-14(11)24-13-5-2-9(6-12(13)19)15(16,17)18/h2-7H,1H3. The van der Waals surface area contributed by atoms with Crippen LogP contribution in [0.25, 0.3) is 0 Å². The van der Waals surface area contributed by atoms with Gasteiger partial charge in [0.15, 0.2) is 0 Å². The Balaban J connectivity index is 2.18. The predicted molar refractivity (Wildman–Crippen MR) is 81.5 cm³/mol. The molecule has 0 fully saturated rings. The zero-order chi connectivity index (χ0) is 17.6. The van der Waals surface area contributed by atoms with Gasteiger partial charge >= 0.3 is 6.18 Å². The Bertz CT molecular complexity index is 868. The van der Waals surface area contributed by atoms with Gasteiger partial charge in [-0.1, -0.05) is 11.8 Å². The molecule has 0 saturated heterocycles. The normalized spacial score (nSPS) is 13.2. The molecular formula is C15H9F3N2O3S. The van der Waals surface area contributed by atoms with Crippen LogP contribution in [0.2, 0.25) is 0 Å². The number of nitrogens with zero attached hydrogens (tertiary/aromatic N) is 2. The monoisotopic (exact) mass is 354 g/mol. The predicted octanol–water partition coefficient (Wildman–Crippen LogP) is 4.76. The fourth-order valence-electron chi connectivity index (χ4n) is 2.43. The molecule has 0 radical (unpaired) electrons. The van der Waals surface area contributed by atoms with Crippen molar-refractivity contribution in [3.05, 3.63) is 52.1 Å². The van der Waals surface area contributed by atoms with Gasteiger partial charge in [-0.05, 0) is 24.3 Å². The molecule has 0 spiro atoms. The molecule has 1 amide bonds. The molecule has 24 heavy (non-hydrogen) atoms. The van der Waals surface area contributed by atoms with Crippen LogP contribution in [0.15, 0.2) is 46.2 Å². The Morgan fingerprint density at radius 2 is 1.83 bits per heavy atom. The molecule has 0 atom stereocenters. The minimum atomic E-state index is -4.53. The van der Waals surface area contributed by atoms with Crippen LogP contribution < -0.4 is 4.90 Å². The molecule has 0 bridgehead atoms. The first kappa shape index (κ1) is 16.3. The van der Waals surface area contributed by atoms with Crippen molar-refractivity contribution in [2.75, 3.05) is 4.90 Å². The number of hydrogen-bond donors (Lipinski definition) is 0. The van der Waals surface area contributed by atoms with Crippen LogP contribution in [0, 0.1) is 10.1 Å². The molecule has 0 unspecified atom stereocenters. The van der Waals surface area contributed by atoms with E-state index in [1.165, 1.54) is 31.2 Å². The summed E-state index contributed by atoms with van der Waals surface area (Å²) in [5.41, 5.74) is -0.577. The smallest absolute Gasteiger partial charge is 0.279 e. The Morgan fingerprint density at radius 3 is 2.42 bits per heavy atom. The van der Waals surface area contributed by atoms with E-state index >= 15 is 0 Å². The van der Waals surface area contributed by atoms with Crippen molar-refractivity contribution in [2.24, 2.45) is 0 Å². The van der Waals surface area contributed by atoms with E-state index in [1.54, 1.807) is 0 Å². The Morgan fingerprint density at radius 1 is 1.12 bits per heavy atom. The molecule has 0 aromatic heterocycles. The molecule has 3 rings (SSSR count). The SMILES string of the molecule is CC(=O)N1c2ccc([N+](=O)[O-])cc2Sc2ccc(C(F)(F)F)cc21. The van der Waals surface area contributed by atoms with Gasteiger partial charge in [-0.2, -0.15) is 13.2 Å². The summed E-state index contributed by atoms with van der Waals surface area (Å²) in [6, 6.07) is 6.98. The third kappa shape index (κ3) is 2.71. The van der Waals surface area contributed by atoms with Gasteiger partial charge in [0.05, 0.1) is 21.9 Å². The molecule has 1 aliphatic heterocycles. The largest absolute Gasteiger partial charge is 0.416 e. The second-order valence-corrected chi connectivity index (χ2v) is 6.13. The lowest BCUT2D eigenvalue weighted by molar-refractivity contribution is -0.385. The van der Waals surface area contributed by atoms with Gasteiger partial charge < -0.3 is 0 Å². The average molecular weight is 354 g/mol. The Labute approximate surface area is 138 Å². The highest BCUT2D eigenvalue weighted by molar-refractivity contribution is 7.99. The maximum Gasteiger partial charge on any atom is 0.416 e. The lowest BCUT2D eigenvalue weighted by atomic mass is 10.1. The molecule has 5 nitrogen and oxygen atoms in total. The van der Waals surface area contributed by atoms with Crippen LogP contribution in [-0.4, -0.2) is 10.8 Å². The van der Waals surface area contributed by atoms with Crippen LogP contribution in [0.4, 0.5) is 30.2 Å². The molecule has 2 aromatic carbocycles. The van der Waals surface area contributed by atoms with Gasteiger partial charge in [0.1, 0.15) is 0 Å². The van der Waals surface area contributed by atoms with E-state index in [9.17, 15) is 28.1 Å². The van der Waals surface area contributed by atoms with Crippen molar-refractivity contribution in [1.29, 1.82) is 0 Å². The van der Waals surface area contributed by atoms with Gasteiger partial charge in [-0.15, -0.1) is 0 Å². The van der Waals surface area contributed by atoms with Crippen molar-refractivity contribution in [3.8, 4) is 0 Å². The number of nitro benzene ring substituents is 1. The molecule has 0 saturated carbocycles. The van der Waals surface area contributed by atoms with Crippen LogP contribution in [0.5, 0.6) is 0 Å². The number of amides is 1. The highest BCUT2D eigenvalue weighted by atomic mass is 32.2. The number of fused-ring (bicyclic) bond motifs is 2. The number of nitro groups is 1. The molecule has 1 heterocycles. The van der Waals surface area contributed by atoms with Crippen molar-refractivity contribution >= 4 is 34.7 Å². The summed E-state index contributed by atoms with van der Waals surface area (Å²) < 4.78 is 38.8. The lowest BCUT2D eigenvalue weighted by Crippen LogP contribution is -2.26. The van der Waals surface area contributed by atoms with E-state index in [2.05, 4.69) is 0 Å². The number of benzene rings is 2. The van der Waals surface area contributed by atoms with Gasteiger partial charge in [-0.25, -0.2) is 0 Å². The van der Waals surface area contributed by atoms with Crippen molar-refractivity contribution in [2.45, 2.75) is 22.9 Å².